The molecule has 1 aromatic rings. The Kier molecular flexibility index (Phi) is 4.77. The minimum absolute atomic E-state index is 0.109. The molecule has 0 saturated heterocycles. The zero-order chi connectivity index (χ0) is 15.6. The number of alkyl halides is 3. The molecule has 1 aromatic carbocycles. The van der Waals surface area contributed by atoms with Gasteiger partial charge in [-0.3, -0.25) is 0 Å². The van der Waals surface area contributed by atoms with Crippen molar-refractivity contribution in [1.82, 2.24) is 4.31 Å². The average Bonchev–Trinajstić information content (AvgIpc) is 2.35. The van der Waals surface area contributed by atoms with Crippen molar-refractivity contribution in [2.45, 2.75) is 17.5 Å². The van der Waals surface area contributed by atoms with Gasteiger partial charge in [0.2, 0.25) is 10.0 Å². The number of hydrogen-bond donors (Lipinski definition) is 1. The molecule has 0 aliphatic heterocycles. The van der Waals surface area contributed by atoms with E-state index in [1.807, 2.05) is 0 Å². The van der Waals surface area contributed by atoms with Crippen molar-refractivity contribution < 1.29 is 31.5 Å². The third-order valence-electron chi connectivity index (χ3n) is 2.52. The molecule has 0 unspecified atom stereocenters. The van der Waals surface area contributed by atoms with Gasteiger partial charge in [-0.15, -0.1) is 0 Å². The summed E-state index contributed by atoms with van der Waals surface area (Å²) < 4.78 is 60.6. The molecule has 0 spiro atoms. The van der Waals surface area contributed by atoms with Gasteiger partial charge in [-0.2, -0.15) is 13.2 Å². The van der Waals surface area contributed by atoms with E-state index in [0.29, 0.717) is 4.31 Å². The number of carboxylic acid groups (broad SMARTS) is 1. The number of nitrogens with zero attached hydrogens (tertiary/aromatic N) is 1. The lowest BCUT2D eigenvalue weighted by molar-refractivity contribution is -0.135. The van der Waals surface area contributed by atoms with Gasteiger partial charge in [0.25, 0.3) is 0 Å². The predicted molar refractivity (Wildman–Crippen MR) is 63.9 cm³/mol. The first-order valence-corrected chi connectivity index (χ1v) is 6.84. The quantitative estimate of drug-likeness (QED) is 0.902. The van der Waals surface area contributed by atoms with Crippen LogP contribution in [0.1, 0.15) is 16.8 Å². The van der Waals surface area contributed by atoms with Crippen molar-refractivity contribution in [3.05, 3.63) is 29.8 Å². The SMILES string of the molecule is CN(CCC(F)(F)F)S(=O)(=O)c1ccc(C(=O)O)cc1. The maximum absolute atomic E-state index is 12.1. The molecule has 1 N–H and O–H groups in total. The van der Waals surface area contributed by atoms with E-state index in [-0.39, 0.29) is 10.5 Å². The molecule has 0 bridgehead atoms. The maximum atomic E-state index is 12.1. The van der Waals surface area contributed by atoms with Crippen LogP contribution in [0, 0.1) is 0 Å². The lowest BCUT2D eigenvalue weighted by atomic mass is 10.2. The van der Waals surface area contributed by atoms with Gasteiger partial charge in [0.05, 0.1) is 16.9 Å². The molecular formula is C11H12F3NO4S. The first kappa shape index (κ1) is 16.4. The number of benzene rings is 1. The van der Waals surface area contributed by atoms with Crippen molar-refractivity contribution in [2.24, 2.45) is 0 Å². The van der Waals surface area contributed by atoms with Crippen LogP contribution in [0.4, 0.5) is 13.2 Å². The second-order valence-corrected chi connectivity index (χ2v) is 6.07. The standard InChI is InChI=1S/C11H12F3NO4S/c1-15(7-6-11(12,13)14)20(18,19)9-4-2-8(3-5-9)10(16)17/h2-5H,6-7H2,1H3,(H,16,17). The van der Waals surface area contributed by atoms with Gasteiger partial charge in [0, 0.05) is 13.6 Å². The van der Waals surface area contributed by atoms with Crippen LogP contribution in [-0.4, -0.2) is 43.6 Å². The van der Waals surface area contributed by atoms with Crippen LogP contribution in [0.5, 0.6) is 0 Å². The molecule has 0 fully saturated rings. The molecule has 1 rings (SSSR count). The van der Waals surface area contributed by atoms with Crippen molar-refractivity contribution in [1.29, 1.82) is 0 Å². The Bertz CT molecular complexity index is 581. The summed E-state index contributed by atoms with van der Waals surface area (Å²) in [4.78, 5) is 10.4. The molecule has 0 atom stereocenters. The second kappa shape index (κ2) is 5.80. The van der Waals surface area contributed by atoms with Crippen LogP contribution >= 0.6 is 0 Å². The monoisotopic (exact) mass is 311 g/mol. The third kappa shape index (κ3) is 4.20. The largest absolute Gasteiger partial charge is 0.478 e. The Balaban J connectivity index is 2.90. The van der Waals surface area contributed by atoms with E-state index in [1.54, 1.807) is 0 Å². The highest BCUT2D eigenvalue weighted by atomic mass is 32.2. The first-order valence-electron chi connectivity index (χ1n) is 5.40. The summed E-state index contributed by atoms with van der Waals surface area (Å²) in [6.07, 6.45) is -5.70. The molecular weight excluding hydrogens is 299 g/mol. The normalized spacial score (nSPS) is 12.7. The van der Waals surface area contributed by atoms with Crippen LogP contribution in [0.25, 0.3) is 0 Å². The van der Waals surface area contributed by atoms with Gasteiger partial charge < -0.3 is 5.11 Å². The number of halogens is 3. The summed E-state index contributed by atoms with van der Waals surface area (Å²) in [5, 5.41) is 8.68. The smallest absolute Gasteiger partial charge is 0.390 e. The Morgan fingerprint density at radius 2 is 1.75 bits per heavy atom. The van der Waals surface area contributed by atoms with Crippen molar-refractivity contribution in [2.75, 3.05) is 13.6 Å². The van der Waals surface area contributed by atoms with Gasteiger partial charge in [0.15, 0.2) is 0 Å². The van der Waals surface area contributed by atoms with Crippen molar-refractivity contribution in [3.63, 3.8) is 0 Å². The molecule has 0 aromatic heterocycles. The summed E-state index contributed by atoms with van der Waals surface area (Å²) in [7, 11) is -3.03. The van der Waals surface area contributed by atoms with Crippen LogP contribution in [0.2, 0.25) is 0 Å². The summed E-state index contributed by atoms with van der Waals surface area (Å²) in [6, 6.07) is 4.24. The number of sulfonamides is 1. The van der Waals surface area contributed by atoms with Gasteiger partial charge >= 0.3 is 12.1 Å². The van der Waals surface area contributed by atoms with Crippen LogP contribution in [0.3, 0.4) is 0 Å². The zero-order valence-corrected chi connectivity index (χ0v) is 11.2. The van der Waals surface area contributed by atoms with E-state index in [4.69, 9.17) is 5.11 Å². The van der Waals surface area contributed by atoms with Gasteiger partial charge in [0.1, 0.15) is 0 Å². The maximum Gasteiger partial charge on any atom is 0.390 e. The highest BCUT2D eigenvalue weighted by molar-refractivity contribution is 7.89. The summed E-state index contributed by atoms with van der Waals surface area (Å²) in [5.41, 5.74) is -0.109. The van der Waals surface area contributed by atoms with E-state index < -0.39 is 35.1 Å². The highest BCUT2D eigenvalue weighted by Gasteiger charge is 2.30. The topological polar surface area (TPSA) is 74.7 Å². The van der Waals surface area contributed by atoms with Gasteiger partial charge in [-0.05, 0) is 24.3 Å². The third-order valence-corrected chi connectivity index (χ3v) is 4.39. The van der Waals surface area contributed by atoms with Crippen LogP contribution < -0.4 is 0 Å². The van der Waals surface area contributed by atoms with Crippen LogP contribution in [-0.2, 0) is 10.0 Å². The van der Waals surface area contributed by atoms with E-state index in [9.17, 15) is 26.4 Å². The number of hydrogen-bond acceptors (Lipinski definition) is 3. The molecule has 0 radical (unpaired) electrons. The first-order chi connectivity index (χ1) is 9.04. The predicted octanol–water partition coefficient (Wildman–Crippen LogP) is 1.96. The van der Waals surface area contributed by atoms with Gasteiger partial charge in [-0.1, -0.05) is 0 Å². The van der Waals surface area contributed by atoms with Crippen LogP contribution in [0.15, 0.2) is 29.2 Å². The molecule has 0 aliphatic carbocycles. The minimum atomic E-state index is -4.45. The number of carbonyl (C=O) groups is 1. The molecule has 9 heteroatoms. The fraction of sp³-hybridized carbons (Fsp3) is 0.364. The highest BCUT2D eigenvalue weighted by Crippen LogP contribution is 2.22. The molecule has 5 nitrogen and oxygen atoms in total. The van der Waals surface area contributed by atoms with Crippen molar-refractivity contribution >= 4 is 16.0 Å². The Labute approximate surface area is 113 Å². The fourth-order valence-electron chi connectivity index (χ4n) is 1.35. The van der Waals surface area contributed by atoms with Gasteiger partial charge in [-0.25, -0.2) is 17.5 Å². The lowest BCUT2D eigenvalue weighted by Gasteiger charge is -2.18. The minimum Gasteiger partial charge on any atom is -0.478 e. The zero-order valence-electron chi connectivity index (χ0n) is 10.4. The summed E-state index contributed by atoms with van der Waals surface area (Å²) >= 11 is 0. The Hall–Kier alpha value is -1.61. The van der Waals surface area contributed by atoms with E-state index in [1.165, 1.54) is 0 Å². The summed E-state index contributed by atoms with van der Waals surface area (Å²) in [6.45, 7) is -0.702. The molecule has 0 heterocycles. The van der Waals surface area contributed by atoms with E-state index in [0.717, 1.165) is 31.3 Å². The molecule has 0 saturated carbocycles. The lowest BCUT2D eigenvalue weighted by Crippen LogP contribution is -2.30. The number of aromatic carboxylic acids is 1. The summed E-state index contributed by atoms with van der Waals surface area (Å²) in [5.74, 6) is -1.22. The van der Waals surface area contributed by atoms with E-state index in [2.05, 4.69) is 0 Å². The molecule has 112 valence electrons. The van der Waals surface area contributed by atoms with Crippen molar-refractivity contribution in [3.8, 4) is 0 Å². The number of carboxylic acids is 1. The second-order valence-electron chi connectivity index (χ2n) is 4.02. The average molecular weight is 311 g/mol. The Morgan fingerprint density at radius 3 is 2.15 bits per heavy atom. The fourth-order valence-corrected chi connectivity index (χ4v) is 2.53. The number of rotatable bonds is 5. The molecule has 0 aliphatic rings. The molecule has 20 heavy (non-hydrogen) atoms. The molecule has 0 amide bonds. The van der Waals surface area contributed by atoms with E-state index >= 15 is 0 Å². The Morgan fingerprint density at radius 1 is 1.25 bits per heavy atom.